The second-order valence-electron chi connectivity index (χ2n) is 6.46. The van der Waals surface area contributed by atoms with Crippen molar-refractivity contribution in [3.8, 4) is 0 Å². The van der Waals surface area contributed by atoms with E-state index >= 15 is 0 Å². The smallest absolute Gasteiger partial charge is 0.297 e. The summed E-state index contributed by atoms with van der Waals surface area (Å²) >= 11 is 0. The minimum Gasteiger partial charge on any atom is -0.450 e. The highest BCUT2D eigenvalue weighted by atomic mass is 19.1. The van der Waals surface area contributed by atoms with Crippen LogP contribution in [-0.2, 0) is 0 Å². The first-order chi connectivity index (χ1) is 14.1. The highest BCUT2D eigenvalue weighted by Crippen LogP contribution is 2.40. The fourth-order valence-corrected chi connectivity index (χ4v) is 3.56. The summed E-state index contributed by atoms with van der Waals surface area (Å²) in [6.07, 6.45) is 2.86. The Morgan fingerprint density at radius 3 is 2.48 bits per heavy atom. The zero-order valence-electron chi connectivity index (χ0n) is 14.7. The van der Waals surface area contributed by atoms with Gasteiger partial charge in [-0.15, -0.1) is 0 Å². The molecule has 142 valence electrons. The molecule has 0 N–H and O–H groups in total. The van der Waals surface area contributed by atoms with Crippen LogP contribution in [0.25, 0.3) is 11.0 Å². The van der Waals surface area contributed by atoms with Gasteiger partial charge in [-0.3, -0.25) is 14.5 Å². The van der Waals surface area contributed by atoms with E-state index in [-0.39, 0.29) is 33.8 Å². The Hall–Kier alpha value is -3.94. The quantitative estimate of drug-likeness (QED) is 0.522. The number of benzene rings is 2. The SMILES string of the molecule is O=C1c2oc3ccc(F)cc3c(=O)c2C(c2ccccc2F)N1c1ncccn1. The molecule has 2 aromatic heterocycles. The molecule has 0 spiro atoms. The van der Waals surface area contributed by atoms with E-state index in [1.165, 1.54) is 36.7 Å². The number of aromatic nitrogens is 2. The molecule has 0 saturated heterocycles. The van der Waals surface area contributed by atoms with Crippen LogP contribution in [0, 0.1) is 11.6 Å². The summed E-state index contributed by atoms with van der Waals surface area (Å²) in [5, 5.41) is -0.0336. The predicted octanol–water partition coefficient (Wildman–Crippen LogP) is 3.61. The monoisotopic (exact) mass is 391 g/mol. The Morgan fingerprint density at radius 1 is 0.966 bits per heavy atom. The molecular weight excluding hydrogens is 380 g/mol. The number of anilines is 1. The minimum atomic E-state index is -1.15. The number of carbonyl (C=O) groups excluding carboxylic acids is 1. The molecule has 0 fully saturated rings. The van der Waals surface area contributed by atoms with Gasteiger partial charge < -0.3 is 4.42 Å². The Bertz CT molecular complexity index is 1340. The third kappa shape index (κ3) is 2.53. The molecule has 6 nitrogen and oxygen atoms in total. The van der Waals surface area contributed by atoms with Gasteiger partial charge in [0.15, 0.2) is 5.43 Å². The van der Waals surface area contributed by atoms with E-state index in [1.54, 1.807) is 12.1 Å². The van der Waals surface area contributed by atoms with Gasteiger partial charge in [-0.1, -0.05) is 18.2 Å². The molecule has 0 radical (unpaired) electrons. The van der Waals surface area contributed by atoms with Crippen LogP contribution in [0.3, 0.4) is 0 Å². The van der Waals surface area contributed by atoms with E-state index < -0.39 is 29.0 Å². The molecule has 1 aliphatic rings. The van der Waals surface area contributed by atoms with Gasteiger partial charge in [0.25, 0.3) is 5.91 Å². The topological polar surface area (TPSA) is 76.3 Å². The molecule has 0 bridgehead atoms. The summed E-state index contributed by atoms with van der Waals surface area (Å²) in [6, 6.07) is 9.64. The first-order valence-corrected chi connectivity index (χ1v) is 8.67. The van der Waals surface area contributed by atoms with E-state index in [0.717, 1.165) is 17.0 Å². The highest BCUT2D eigenvalue weighted by molar-refractivity contribution is 6.09. The maximum Gasteiger partial charge on any atom is 0.297 e. The summed E-state index contributed by atoms with van der Waals surface area (Å²) in [7, 11) is 0. The number of halogens is 2. The van der Waals surface area contributed by atoms with Crippen LogP contribution in [0.1, 0.15) is 27.7 Å². The number of hydrogen-bond acceptors (Lipinski definition) is 5. The Kier molecular flexibility index (Phi) is 3.73. The standard InChI is InChI=1S/C21H11F2N3O3/c22-11-6-7-15-13(10-11)18(27)16-17(12-4-1-2-5-14(12)23)26(20(28)19(16)29-15)21-24-8-3-9-25-21/h1-10,17H. The van der Waals surface area contributed by atoms with Crippen molar-refractivity contribution in [1.82, 2.24) is 9.97 Å². The van der Waals surface area contributed by atoms with E-state index in [0.29, 0.717) is 0 Å². The number of amides is 1. The number of nitrogens with zero attached hydrogens (tertiary/aromatic N) is 3. The molecule has 1 unspecified atom stereocenters. The lowest BCUT2D eigenvalue weighted by Gasteiger charge is -2.23. The minimum absolute atomic E-state index is 0.00760. The third-order valence-corrected chi connectivity index (χ3v) is 4.80. The molecular formula is C21H11F2N3O3. The summed E-state index contributed by atoms with van der Waals surface area (Å²) in [6.45, 7) is 0. The molecule has 1 aliphatic heterocycles. The fourth-order valence-electron chi connectivity index (χ4n) is 3.56. The average Bonchev–Trinajstić information content (AvgIpc) is 3.02. The van der Waals surface area contributed by atoms with Crippen LogP contribution in [-0.4, -0.2) is 15.9 Å². The Labute approximate surface area is 162 Å². The summed E-state index contributed by atoms with van der Waals surface area (Å²) < 4.78 is 34.1. The first kappa shape index (κ1) is 17.2. The number of carbonyl (C=O) groups is 1. The Morgan fingerprint density at radius 2 is 1.72 bits per heavy atom. The largest absolute Gasteiger partial charge is 0.450 e. The predicted molar refractivity (Wildman–Crippen MR) is 99.5 cm³/mol. The molecule has 4 aromatic rings. The van der Waals surface area contributed by atoms with Crippen molar-refractivity contribution in [3.63, 3.8) is 0 Å². The zero-order chi connectivity index (χ0) is 20.1. The lowest BCUT2D eigenvalue weighted by molar-refractivity contribution is 0.0969. The lowest BCUT2D eigenvalue weighted by atomic mass is 9.98. The van der Waals surface area contributed by atoms with Crippen LogP contribution in [0.4, 0.5) is 14.7 Å². The molecule has 8 heteroatoms. The van der Waals surface area contributed by atoms with Crippen molar-refractivity contribution < 1.29 is 18.0 Å². The van der Waals surface area contributed by atoms with Gasteiger partial charge in [0, 0.05) is 18.0 Å². The van der Waals surface area contributed by atoms with E-state index in [9.17, 15) is 18.4 Å². The van der Waals surface area contributed by atoms with Gasteiger partial charge in [0.05, 0.1) is 10.9 Å². The highest BCUT2D eigenvalue weighted by Gasteiger charge is 2.45. The van der Waals surface area contributed by atoms with Gasteiger partial charge in [-0.05, 0) is 30.3 Å². The van der Waals surface area contributed by atoms with Crippen molar-refractivity contribution in [3.05, 3.63) is 99.7 Å². The van der Waals surface area contributed by atoms with Crippen molar-refractivity contribution in [2.24, 2.45) is 0 Å². The van der Waals surface area contributed by atoms with Gasteiger partial charge in [0.1, 0.15) is 23.3 Å². The number of rotatable bonds is 2. The van der Waals surface area contributed by atoms with Crippen molar-refractivity contribution in [2.75, 3.05) is 4.90 Å². The Balaban J connectivity index is 1.86. The molecule has 5 rings (SSSR count). The number of hydrogen-bond donors (Lipinski definition) is 0. The van der Waals surface area contributed by atoms with Crippen LogP contribution in [0.2, 0.25) is 0 Å². The normalized spacial score (nSPS) is 15.7. The van der Waals surface area contributed by atoms with Gasteiger partial charge in [-0.2, -0.15) is 0 Å². The molecule has 1 amide bonds. The van der Waals surface area contributed by atoms with Gasteiger partial charge in [-0.25, -0.2) is 18.7 Å². The van der Waals surface area contributed by atoms with Crippen LogP contribution >= 0.6 is 0 Å². The van der Waals surface area contributed by atoms with Crippen molar-refractivity contribution in [2.45, 2.75) is 6.04 Å². The van der Waals surface area contributed by atoms with Crippen LogP contribution in [0.5, 0.6) is 0 Å². The maximum absolute atomic E-state index is 14.7. The van der Waals surface area contributed by atoms with Gasteiger partial charge in [0.2, 0.25) is 11.7 Å². The van der Waals surface area contributed by atoms with Crippen molar-refractivity contribution in [1.29, 1.82) is 0 Å². The first-order valence-electron chi connectivity index (χ1n) is 8.67. The van der Waals surface area contributed by atoms with E-state index in [2.05, 4.69) is 9.97 Å². The van der Waals surface area contributed by atoms with Crippen molar-refractivity contribution >= 4 is 22.8 Å². The summed E-state index contributed by atoms with van der Waals surface area (Å²) in [4.78, 5) is 35.7. The molecule has 0 saturated carbocycles. The van der Waals surface area contributed by atoms with Crippen LogP contribution in [0.15, 0.2) is 70.1 Å². The molecule has 29 heavy (non-hydrogen) atoms. The van der Waals surface area contributed by atoms with Gasteiger partial charge >= 0.3 is 0 Å². The molecule has 3 heterocycles. The van der Waals surface area contributed by atoms with E-state index in [4.69, 9.17) is 4.42 Å². The number of fused-ring (bicyclic) bond motifs is 2. The molecule has 2 aromatic carbocycles. The van der Waals surface area contributed by atoms with E-state index in [1.807, 2.05) is 0 Å². The second-order valence-corrected chi connectivity index (χ2v) is 6.46. The lowest BCUT2D eigenvalue weighted by Crippen LogP contribution is -2.31. The maximum atomic E-state index is 14.7. The third-order valence-electron chi connectivity index (χ3n) is 4.80. The summed E-state index contributed by atoms with van der Waals surface area (Å²) in [5.74, 6) is -2.16. The average molecular weight is 391 g/mol. The summed E-state index contributed by atoms with van der Waals surface area (Å²) in [5.41, 5.74) is -0.548. The zero-order valence-corrected chi connectivity index (χ0v) is 14.7. The second kappa shape index (κ2) is 6.30. The molecule has 1 atom stereocenters. The fraction of sp³-hybridized carbons (Fsp3) is 0.0476. The van der Waals surface area contributed by atoms with Crippen LogP contribution < -0.4 is 10.3 Å². The molecule has 0 aliphatic carbocycles.